The molecule has 112 valence electrons. The van der Waals surface area contributed by atoms with Gasteiger partial charge in [0.1, 0.15) is 0 Å². The van der Waals surface area contributed by atoms with Crippen LogP contribution in [0.5, 0.6) is 0 Å². The van der Waals surface area contributed by atoms with Crippen molar-refractivity contribution in [1.29, 1.82) is 0 Å². The molecule has 1 unspecified atom stereocenters. The van der Waals surface area contributed by atoms with Crippen molar-refractivity contribution in [3.63, 3.8) is 0 Å². The Balaban J connectivity index is -0.000000183. The average molecular weight is 330 g/mol. The van der Waals surface area contributed by atoms with Crippen molar-refractivity contribution in [1.82, 2.24) is 0 Å². The molecule has 0 spiro atoms. The fraction of sp³-hybridized carbons (Fsp3) is 0.286. The number of methoxy groups -OCH3 is 1. The van der Waals surface area contributed by atoms with E-state index in [2.05, 4.69) is 24.7 Å². The van der Waals surface area contributed by atoms with E-state index in [1.807, 2.05) is 37.3 Å². The number of hydrogen-bond acceptors (Lipinski definition) is 3. The van der Waals surface area contributed by atoms with Crippen LogP contribution in [0.2, 0.25) is 0 Å². The maximum Gasteiger partial charge on any atom is 0 e. The van der Waals surface area contributed by atoms with Crippen molar-refractivity contribution < 1.29 is 45.6 Å². The molecule has 1 aromatic carbocycles. The summed E-state index contributed by atoms with van der Waals surface area (Å²) in [6.45, 7) is 15.8. The van der Waals surface area contributed by atoms with Crippen molar-refractivity contribution in [2.24, 2.45) is 0 Å². The van der Waals surface area contributed by atoms with E-state index in [-0.39, 0.29) is 23.3 Å². The molecule has 21 heavy (non-hydrogen) atoms. The van der Waals surface area contributed by atoms with Crippen molar-refractivity contribution in [3.8, 4) is 0 Å². The molecule has 0 radical (unpaired) electrons. The van der Waals surface area contributed by atoms with Gasteiger partial charge in [-0.15, -0.1) is 0 Å². The molecule has 6 nitrogen and oxygen atoms in total. The molecule has 0 saturated carbocycles. The van der Waals surface area contributed by atoms with Gasteiger partial charge in [-0.1, -0.05) is 30.3 Å². The van der Waals surface area contributed by atoms with Crippen molar-refractivity contribution in [3.05, 3.63) is 55.8 Å². The first-order valence-corrected chi connectivity index (χ1v) is 5.15. The Kier molecular flexibility index (Phi) is 31.0. The van der Waals surface area contributed by atoms with E-state index in [4.69, 9.17) is 18.7 Å². The van der Waals surface area contributed by atoms with Gasteiger partial charge in [-0.3, -0.25) is 0 Å². The number of esters is 1. The zero-order chi connectivity index (χ0) is 16.4. The van der Waals surface area contributed by atoms with Crippen molar-refractivity contribution in [2.75, 3.05) is 13.7 Å². The molecule has 0 aliphatic carbocycles. The molecule has 0 bridgehead atoms. The van der Waals surface area contributed by atoms with Crippen LogP contribution in [-0.2, 0) is 45.6 Å². The monoisotopic (exact) mass is 330 g/mol. The van der Waals surface area contributed by atoms with Gasteiger partial charge in [0.25, 0.3) is 0 Å². The van der Waals surface area contributed by atoms with Crippen molar-refractivity contribution >= 4 is 5.97 Å². The summed E-state index contributed by atoms with van der Waals surface area (Å²) >= 11 is 0. The van der Waals surface area contributed by atoms with Gasteiger partial charge in [-0.2, -0.15) is 0 Å². The SMILES string of the molecule is CCOC(C(=O)OC)c1ccccc1.[C-]#[O+].[C-]#[O+].[C-]#[O+].[Cr]. The normalized spacial score (nSPS) is 8.38. The standard InChI is InChI=1S/C11H14O3.3CO.Cr/c1-3-14-10(11(12)13-2)9-7-5-4-6-8-9;3*1-2;/h4-8,10H,3H2,1-2H3;;;;. The number of rotatable bonds is 4. The first kappa shape index (κ1) is 27.7. The third-order valence-corrected chi connectivity index (χ3v) is 1.85. The summed E-state index contributed by atoms with van der Waals surface area (Å²) in [5.41, 5.74) is 0.821. The Labute approximate surface area is 134 Å². The molecule has 1 atom stereocenters. The molecule has 0 N–H and O–H groups in total. The average Bonchev–Trinajstić information content (AvgIpc) is 2.58. The third-order valence-electron chi connectivity index (χ3n) is 1.85. The maximum absolute atomic E-state index is 11.4. The van der Waals surface area contributed by atoms with Crippen LogP contribution in [0.1, 0.15) is 18.6 Å². The number of hydrogen-bond donors (Lipinski definition) is 0. The molecule has 0 fully saturated rings. The van der Waals surface area contributed by atoms with E-state index in [0.29, 0.717) is 6.61 Å². The quantitative estimate of drug-likeness (QED) is 0.478. The van der Waals surface area contributed by atoms with E-state index in [9.17, 15) is 4.79 Å². The molecule has 0 aliphatic heterocycles. The van der Waals surface area contributed by atoms with E-state index < -0.39 is 6.10 Å². The zero-order valence-corrected chi connectivity index (χ0v) is 12.8. The molecule has 0 aromatic heterocycles. The fourth-order valence-electron chi connectivity index (χ4n) is 1.20. The molecule has 0 saturated heterocycles. The first-order valence-electron chi connectivity index (χ1n) is 5.15. The number of carbonyl (C=O) groups excluding carboxylic acids is 1. The molecular weight excluding hydrogens is 316 g/mol. The van der Waals surface area contributed by atoms with Crippen LogP contribution in [-0.4, -0.2) is 19.7 Å². The molecule has 1 aromatic rings. The minimum absolute atomic E-state index is 0. The summed E-state index contributed by atoms with van der Waals surface area (Å²) in [6.07, 6.45) is -0.605. The maximum atomic E-state index is 11.4. The Morgan fingerprint density at radius 1 is 1.10 bits per heavy atom. The molecule has 0 aliphatic rings. The van der Waals surface area contributed by atoms with E-state index in [1.54, 1.807) is 0 Å². The van der Waals surface area contributed by atoms with Gasteiger partial charge in [0, 0.05) is 24.0 Å². The predicted octanol–water partition coefficient (Wildman–Crippen LogP) is 1.82. The van der Waals surface area contributed by atoms with Crippen molar-refractivity contribution in [2.45, 2.75) is 13.0 Å². The molecule has 0 heterocycles. The van der Waals surface area contributed by atoms with Gasteiger partial charge in [-0.25, -0.2) is 4.79 Å². The fourth-order valence-corrected chi connectivity index (χ4v) is 1.20. The Morgan fingerprint density at radius 2 is 1.52 bits per heavy atom. The van der Waals surface area contributed by atoms with E-state index in [1.165, 1.54) is 7.11 Å². The van der Waals surface area contributed by atoms with Crippen LogP contribution in [0, 0.1) is 20.0 Å². The predicted molar refractivity (Wildman–Crippen MR) is 64.6 cm³/mol. The topological polar surface area (TPSA) is 95.2 Å². The van der Waals surface area contributed by atoms with Gasteiger partial charge in [0.2, 0.25) is 0 Å². The summed E-state index contributed by atoms with van der Waals surface area (Å²) < 4.78 is 32.5. The van der Waals surface area contributed by atoms with Crippen LogP contribution in [0.3, 0.4) is 0 Å². The van der Waals surface area contributed by atoms with Crippen LogP contribution >= 0.6 is 0 Å². The van der Waals surface area contributed by atoms with Crippen LogP contribution in [0.4, 0.5) is 0 Å². The summed E-state index contributed by atoms with van der Waals surface area (Å²) in [4.78, 5) is 11.4. The van der Waals surface area contributed by atoms with Gasteiger partial charge in [0.05, 0.1) is 7.11 Å². The summed E-state index contributed by atoms with van der Waals surface area (Å²) in [5, 5.41) is 0. The van der Waals surface area contributed by atoms with Gasteiger partial charge < -0.3 is 9.47 Å². The summed E-state index contributed by atoms with van der Waals surface area (Å²) in [5.74, 6) is -0.363. The Morgan fingerprint density at radius 3 is 1.86 bits per heavy atom. The third kappa shape index (κ3) is 13.2. The number of benzene rings is 1. The van der Waals surface area contributed by atoms with Crippen LogP contribution in [0.15, 0.2) is 30.3 Å². The molecular formula is C14H14CrO6. The largest absolute Gasteiger partial charge is 0 e. The van der Waals surface area contributed by atoms with Gasteiger partial charge in [0.15, 0.2) is 6.10 Å². The Hall–Kier alpha value is -1.60. The summed E-state index contributed by atoms with van der Waals surface area (Å²) in [6, 6.07) is 9.31. The van der Waals surface area contributed by atoms with Crippen LogP contribution < -0.4 is 0 Å². The zero-order valence-electron chi connectivity index (χ0n) is 11.5. The molecule has 0 amide bonds. The first-order chi connectivity index (χ1) is 9.79. The van der Waals surface area contributed by atoms with Gasteiger partial charge >= 0.3 is 39.9 Å². The smallest absolute Gasteiger partial charge is 0 e. The molecule has 7 heteroatoms. The van der Waals surface area contributed by atoms with Crippen LogP contribution in [0.25, 0.3) is 0 Å². The second-order valence-electron chi connectivity index (χ2n) is 2.77. The van der Waals surface area contributed by atoms with E-state index in [0.717, 1.165) is 5.56 Å². The summed E-state index contributed by atoms with van der Waals surface area (Å²) in [7, 11) is 1.36. The number of ether oxygens (including phenoxy) is 2. The van der Waals surface area contributed by atoms with E-state index >= 15 is 0 Å². The van der Waals surface area contributed by atoms with Gasteiger partial charge in [-0.05, 0) is 12.5 Å². The second kappa shape index (κ2) is 23.5. The minimum atomic E-state index is -0.605. The number of carbonyl (C=O) groups is 1. The minimum Gasteiger partial charge on any atom is 0 e. The second-order valence-corrected chi connectivity index (χ2v) is 2.77. The Bertz CT molecular complexity index is 385. The molecule has 1 rings (SSSR count).